The van der Waals surface area contributed by atoms with Crippen LogP contribution in [0.5, 0.6) is 0 Å². The number of carbonyl (C=O) groups is 1. The Bertz CT molecular complexity index is 516. The molecular weight excluding hydrogens is 252 g/mol. The van der Waals surface area contributed by atoms with Crippen LogP contribution in [-0.4, -0.2) is 11.1 Å². The minimum Gasteiger partial charge on any atom is -0.478 e. The van der Waals surface area contributed by atoms with Crippen molar-refractivity contribution >= 4 is 34.6 Å². The second-order valence-electron chi connectivity index (χ2n) is 3.28. The van der Waals surface area contributed by atoms with Crippen molar-refractivity contribution in [1.82, 2.24) is 0 Å². The van der Waals surface area contributed by atoms with Gasteiger partial charge >= 0.3 is 5.97 Å². The van der Waals surface area contributed by atoms with Crippen molar-refractivity contribution in [2.24, 2.45) is 0 Å². The number of carboxylic acid groups (broad SMARTS) is 1. The van der Waals surface area contributed by atoms with Crippen LogP contribution in [0.4, 0.5) is 0 Å². The molecule has 17 heavy (non-hydrogen) atoms. The summed E-state index contributed by atoms with van der Waals surface area (Å²) in [6.45, 7) is 0. The van der Waals surface area contributed by atoms with Crippen LogP contribution in [0.2, 0.25) is 0 Å². The fourth-order valence-corrected chi connectivity index (χ4v) is 2.75. The topological polar surface area (TPSA) is 37.3 Å². The molecule has 0 radical (unpaired) electrons. The van der Waals surface area contributed by atoms with Gasteiger partial charge in [-0.1, -0.05) is 30.0 Å². The average Bonchev–Trinajstić information content (AvgIpc) is 2.84. The summed E-state index contributed by atoms with van der Waals surface area (Å²) in [5, 5.41) is 14.5. The van der Waals surface area contributed by atoms with E-state index in [1.165, 1.54) is 23.1 Å². The number of hydrogen-bond donors (Lipinski definition) is 1. The van der Waals surface area contributed by atoms with E-state index in [0.717, 1.165) is 10.5 Å². The van der Waals surface area contributed by atoms with E-state index in [1.807, 2.05) is 47.2 Å². The molecule has 0 amide bonds. The van der Waals surface area contributed by atoms with E-state index in [4.69, 9.17) is 5.11 Å². The highest BCUT2D eigenvalue weighted by Crippen LogP contribution is 2.25. The van der Waals surface area contributed by atoms with Crippen molar-refractivity contribution in [3.63, 3.8) is 0 Å². The predicted molar refractivity (Wildman–Crippen MR) is 72.2 cm³/mol. The summed E-state index contributed by atoms with van der Waals surface area (Å²) in [7, 11) is 0. The maximum absolute atomic E-state index is 11.1. The zero-order chi connectivity index (χ0) is 12.1. The second kappa shape index (κ2) is 5.70. The molecule has 2 rings (SSSR count). The highest BCUT2D eigenvalue weighted by Gasteiger charge is 2.10. The molecule has 2 nitrogen and oxygen atoms in total. The number of rotatable bonds is 4. The van der Waals surface area contributed by atoms with Crippen molar-refractivity contribution in [1.29, 1.82) is 0 Å². The summed E-state index contributed by atoms with van der Waals surface area (Å²) >= 11 is 2.91. The highest BCUT2D eigenvalue weighted by molar-refractivity contribution is 8.02. The molecule has 0 aliphatic rings. The van der Waals surface area contributed by atoms with Crippen molar-refractivity contribution in [3.8, 4) is 0 Å². The zero-order valence-electron chi connectivity index (χ0n) is 8.87. The van der Waals surface area contributed by atoms with Gasteiger partial charge in [0.15, 0.2) is 0 Å². The third-order valence-corrected chi connectivity index (χ3v) is 3.70. The van der Waals surface area contributed by atoms with E-state index in [1.54, 1.807) is 5.41 Å². The smallest absolute Gasteiger partial charge is 0.336 e. The number of carboxylic acids is 1. The summed E-state index contributed by atoms with van der Waals surface area (Å²) in [6.07, 6.45) is 0. The molecule has 1 heterocycles. The molecule has 4 heteroatoms. The van der Waals surface area contributed by atoms with Crippen LogP contribution >= 0.6 is 23.1 Å². The Hall–Kier alpha value is -1.52. The van der Waals surface area contributed by atoms with Crippen LogP contribution in [0.3, 0.4) is 0 Å². The Morgan fingerprint density at radius 3 is 2.59 bits per heavy atom. The largest absolute Gasteiger partial charge is 0.478 e. The molecule has 0 aliphatic heterocycles. The molecule has 0 saturated carbocycles. The molecule has 0 spiro atoms. The van der Waals surface area contributed by atoms with E-state index >= 15 is 0 Å². The van der Waals surface area contributed by atoms with Crippen molar-refractivity contribution in [3.05, 3.63) is 58.1 Å². The van der Waals surface area contributed by atoms with Crippen LogP contribution in [0.15, 0.2) is 57.5 Å². The van der Waals surface area contributed by atoms with Gasteiger partial charge in [0.2, 0.25) is 0 Å². The van der Waals surface area contributed by atoms with Crippen molar-refractivity contribution < 1.29 is 9.90 Å². The molecule has 1 N–H and O–H groups in total. The quantitative estimate of drug-likeness (QED) is 0.669. The Labute approximate surface area is 108 Å². The molecule has 0 aliphatic carbocycles. The fraction of sp³-hybridized carbons (Fsp3) is 0. The van der Waals surface area contributed by atoms with E-state index in [-0.39, 0.29) is 0 Å². The maximum atomic E-state index is 11.1. The van der Waals surface area contributed by atoms with Gasteiger partial charge in [0.1, 0.15) is 0 Å². The summed E-state index contributed by atoms with van der Waals surface area (Å²) in [4.78, 5) is 12.2. The zero-order valence-corrected chi connectivity index (χ0v) is 10.5. The summed E-state index contributed by atoms with van der Waals surface area (Å²) in [5.74, 6) is -0.896. The van der Waals surface area contributed by atoms with Crippen LogP contribution in [0.25, 0.3) is 5.57 Å². The predicted octanol–water partition coefficient (Wildman–Crippen LogP) is 3.97. The van der Waals surface area contributed by atoms with Gasteiger partial charge in [-0.3, -0.25) is 0 Å². The van der Waals surface area contributed by atoms with Gasteiger partial charge in [-0.25, -0.2) is 4.79 Å². The van der Waals surface area contributed by atoms with Gasteiger partial charge in [0.05, 0.1) is 5.57 Å². The van der Waals surface area contributed by atoms with Crippen molar-refractivity contribution in [2.45, 2.75) is 4.90 Å². The van der Waals surface area contributed by atoms with Gasteiger partial charge < -0.3 is 5.11 Å². The number of aliphatic carboxylic acids is 1. The van der Waals surface area contributed by atoms with Gasteiger partial charge in [0.25, 0.3) is 0 Å². The van der Waals surface area contributed by atoms with Crippen LogP contribution in [0.1, 0.15) is 5.56 Å². The summed E-state index contributed by atoms with van der Waals surface area (Å²) in [5.41, 5.74) is 1.09. The molecule has 0 bridgehead atoms. The van der Waals surface area contributed by atoms with Gasteiger partial charge in [-0.05, 0) is 34.4 Å². The van der Waals surface area contributed by atoms with Gasteiger partial charge in [0, 0.05) is 10.5 Å². The first-order valence-electron chi connectivity index (χ1n) is 4.95. The number of benzene rings is 1. The average molecular weight is 262 g/mol. The third-order valence-electron chi connectivity index (χ3n) is 2.12. The van der Waals surface area contributed by atoms with E-state index in [2.05, 4.69) is 0 Å². The van der Waals surface area contributed by atoms with Crippen LogP contribution in [-0.2, 0) is 4.79 Å². The van der Waals surface area contributed by atoms with Gasteiger partial charge in [-0.2, -0.15) is 11.3 Å². The number of hydrogen-bond acceptors (Lipinski definition) is 3. The Morgan fingerprint density at radius 1 is 1.24 bits per heavy atom. The molecular formula is C13H10O2S2. The van der Waals surface area contributed by atoms with E-state index in [9.17, 15) is 4.79 Å². The third kappa shape index (κ3) is 3.22. The molecule has 0 atom stereocenters. The molecule has 0 saturated heterocycles. The number of thiophene rings is 1. The van der Waals surface area contributed by atoms with Gasteiger partial charge in [-0.15, -0.1) is 0 Å². The Balaban J connectivity index is 2.21. The highest BCUT2D eigenvalue weighted by atomic mass is 32.2. The second-order valence-corrected chi connectivity index (χ2v) is 5.00. The van der Waals surface area contributed by atoms with Crippen molar-refractivity contribution in [2.75, 3.05) is 0 Å². The maximum Gasteiger partial charge on any atom is 0.336 e. The first kappa shape index (κ1) is 12.0. The first-order valence-corrected chi connectivity index (χ1v) is 6.77. The molecule has 86 valence electrons. The summed E-state index contributed by atoms with van der Waals surface area (Å²) < 4.78 is 0. The lowest BCUT2D eigenvalue weighted by Gasteiger charge is -1.99. The Kier molecular flexibility index (Phi) is 4.01. The monoisotopic (exact) mass is 262 g/mol. The minimum absolute atomic E-state index is 0.333. The number of thioether (sulfide) groups is 1. The lowest BCUT2D eigenvalue weighted by molar-refractivity contribution is -0.130. The normalized spacial score (nSPS) is 11.4. The first-order chi connectivity index (χ1) is 8.27. The SMILES string of the molecule is O=C(O)C(=CSc1ccccc1)c1ccsc1. The molecule has 1 aromatic carbocycles. The Morgan fingerprint density at radius 2 is 2.00 bits per heavy atom. The fourth-order valence-electron chi connectivity index (χ4n) is 1.29. The molecule has 0 fully saturated rings. The minimum atomic E-state index is -0.896. The standard InChI is InChI=1S/C13H10O2S2/c14-13(15)12(10-6-7-16-8-10)9-17-11-4-2-1-3-5-11/h1-9H,(H,14,15). The lowest BCUT2D eigenvalue weighted by Crippen LogP contribution is -1.97. The van der Waals surface area contributed by atoms with Crippen LogP contribution < -0.4 is 0 Å². The van der Waals surface area contributed by atoms with Crippen LogP contribution in [0, 0.1) is 0 Å². The molecule has 2 aromatic rings. The van der Waals surface area contributed by atoms with E-state index in [0.29, 0.717) is 5.57 Å². The molecule has 1 aromatic heterocycles. The summed E-state index contributed by atoms with van der Waals surface area (Å²) in [6, 6.07) is 11.5. The lowest BCUT2D eigenvalue weighted by atomic mass is 10.2. The van der Waals surface area contributed by atoms with E-state index < -0.39 is 5.97 Å². The molecule has 0 unspecified atom stereocenters.